The predicted octanol–water partition coefficient (Wildman–Crippen LogP) is 6.59. The first kappa shape index (κ1) is 26.2. The second kappa shape index (κ2) is 11.9. The highest BCUT2D eigenvalue weighted by atomic mass is 35.5. The summed E-state index contributed by atoms with van der Waals surface area (Å²) < 4.78 is 5.24. The highest BCUT2D eigenvalue weighted by molar-refractivity contribution is 7.15. The molecule has 3 rings (SSSR count). The molecule has 0 aliphatic rings. The molecule has 0 aliphatic heterocycles. The Bertz CT molecular complexity index is 1420. The first-order valence-corrected chi connectivity index (χ1v) is 11.9. The number of carbonyl (C=O) groups is 2. The Morgan fingerprint density at radius 2 is 1.75 bits per heavy atom. The molecule has 36 heavy (non-hydrogen) atoms. The summed E-state index contributed by atoms with van der Waals surface area (Å²) >= 11 is 7.13. The van der Waals surface area contributed by atoms with Gasteiger partial charge in [-0.25, -0.2) is 4.79 Å². The number of allylic oxidation sites excluding steroid dienone is 2. The zero-order valence-electron chi connectivity index (χ0n) is 19.3. The summed E-state index contributed by atoms with van der Waals surface area (Å²) in [6, 6.07) is 16.8. The number of halogens is 1. The molecule has 0 fully saturated rings. The number of hydrogen-bond acceptors (Lipinski definition) is 8. The van der Waals surface area contributed by atoms with Crippen LogP contribution in [0.3, 0.4) is 0 Å². The van der Waals surface area contributed by atoms with E-state index >= 15 is 0 Å². The minimum atomic E-state index is -0.725. The molecule has 0 atom stereocenters. The zero-order chi connectivity index (χ0) is 26.2. The number of rotatable bonds is 8. The van der Waals surface area contributed by atoms with Gasteiger partial charge in [-0.05, 0) is 31.5 Å². The molecule has 1 aromatic heterocycles. The van der Waals surface area contributed by atoms with Gasteiger partial charge in [-0.2, -0.15) is 10.5 Å². The Kier molecular flexibility index (Phi) is 8.64. The monoisotopic (exact) mass is 517 g/mol. The molecule has 180 valence electrons. The maximum atomic E-state index is 12.9. The van der Waals surface area contributed by atoms with Crippen LogP contribution in [-0.4, -0.2) is 23.5 Å². The summed E-state index contributed by atoms with van der Waals surface area (Å²) in [4.78, 5) is 25.8. The smallest absolute Gasteiger partial charge is 0.341 e. The van der Waals surface area contributed by atoms with Crippen LogP contribution >= 0.6 is 22.9 Å². The van der Waals surface area contributed by atoms with Crippen LogP contribution in [0.15, 0.2) is 77.0 Å². The Morgan fingerprint density at radius 1 is 1.11 bits per heavy atom. The van der Waals surface area contributed by atoms with E-state index in [9.17, 15) is 25.2 Å². The number of aliphatic hydroxyl groups is 1. The van der Waals surface area contributed by atoms with Crippen LogP contribution in [0.5, 0.6) is 0 Å². The first-order chi connectivity index (χ1) is 17.3. The molecule has 0 saturated carbocycles. The van der Waals surface area contributed by atoms with Crippen LogP contribution in [0.2, 0.25) is 5.02 Å². The lowest BCUT2D eigenvalue weighted by atomic mass is 10.0. The molecule has 9 heteroatoms. The Labute approximate surface area is 217 Å². The summed E-state index contributed by atoms with van der Waals surface area (Å²) in [5.74, 6) is -1.83. The second-order valence-corrected chi connectivity index (χ2v) is 8.76. The van der Waals surface area contributed by atoms with Crippen molar-refractivity contribution in [2.24, 2.45) is 0 Å². The van der Waals surface area contributed by atoms with E-state index in [-0.39, 0.29) is 22.9 Å². The number of thiophene rings is 1. The SMILES string of the molecule is CCOC(=O)c1c(-c2ccc(Cl)cc2)csc1NC(=CC(=O)c1ccc(C)cc1)C(O)=C(C#N)C#N. The van der Waals surface area contributed by atoms with Crippen molar-refractivity contribution in [3.05, 3.63) is 98.7 Å². The number of esters is 1. The van der Waals surface area contributed by atoms with E-state index in [0.29, 0.717) is 21.7 Å². The third kappa shape index (κ3) is 6.00. The van der Waals surface area contributed by atoms with Crippen molar-refractivity contribution in [2.45, 2.75) is 13.8 Å². The van der Waals surface area contributed by atoms with Gasteiger partial charge in [-0.3, -0.25) is 4.79 Å². The van der Waals surface area contributed by atoms with E-state index in [0.717, 1.165) is 23.0 Å². The number of nitrogens with one attached hydrogen (secondary N) is 1. The molecular formula is C27H20ClN3O4S. The van der Waals surface area contributed by atoms with E-state index < -0.39 is 23.1 Å². The maximum absolute atomic E-state index is 12.9. The van der Waals surface area contributed by atoms with Gasteiger partial charge in [0.05, 0.1) is 12.3 Å². The molecule has 0 radical (unpaired) electrons. The molecular weight excluding hydrogens is 498 g/mol. The maximum Gasteiger partial charge on any atom is 0.341 e. The van der Waals surface area contributed by atoms with Gasteiger partial charge in [0, 0.05) is 27.6 Å². The van der Waals surface area contributed by atoms with Crippen molar-refractivity contribution in [3.8, 4) is 23.3 Å². The molecule has 0 spiro atoms. The molecule has 0 aliphatic carbocycles. The predicted molar refractivity (Wildman–Crippen MR) is 139 cm³/mol. The van der Waals surface area contributed by atoms with Crippen LogP contribution in [0.4, 0.5) is 5.00 Å². The standard InChI is InChI=1S/C27H20ClN3O4S/c1-3-35-27(34)24-21(17-8-10-20(28)11-9-17)15-36-26(24)31-22(25(33)19(13-29)14-30)12-23(32)18-6-4-16(2)5-7-18/h4-12,15,31,33H,3H2,1-2H3. The van der Waals surface area contributed by atoms with Gasteiger partial charge in [0.1, 0.15) is 22.7 Å². The summed E-state index contributed by atoms with van der Waals surface area (Å²) in [5, 5.41) is 34.6. The lowest BCUT2D eigenvalue weighted by molar-refractivity contribution is 0.0529. The topological polar surface area (TPSA) is 123 Å². The molecule has 2 aromatic carbocycles. The zero-order valence-corrected chi connectivity index (χ0v) is 20.9. The van der Waals surface area contributed by atoms with Crippen LogP contribution < -0.4 is 5.32 Å². The minimum Gasteiger partial charge on any atom is -0.504 e. The third-order valence-corrected chi connectivity index (χ3v) is 6.15. The van der Waals surface area contributed by atoms with Gasteiger partial charge in [-0.1, -0.05) is 53.6 Å². The third-order valence-electron chi connectivity index (χ3n) is 5.00. The van der Waals surface area contributed by atoms with Gasteiger partial charge in [0.25, 0.3) is 0 Å². The average Bonchev–Trinajstić information content (AvgIpc) is 3.29. The summed E-state index contributed by atoms with van der Waals surface area (Å²) in [7, 11) is 0. The van der Waals surface area contributed by atoms with Crippen molar-refractivity contribution in [1.29, 1.82) is 10.5 Å². The fourth-order valence-corrected chi connectivity index (χ4v) is 4.28. The van der Waals surface area contributed by atoms with Gasteiger partial charge in [0.15, 0.2) is 17.1 Å². The first-order valence-electron chi connectivity index (χ1n) is 10.7. The van der Waals surface area contributed by atoms with Gasteiger partial charge in [-0.15, -0.1) is 11.3 Å². The van der Waals surface area contributed by atoms with Crippen molar-refractivity contribution >= 4 is 39.7 Å². The Morgan fingerprint density at radius 3 is 2.33 bits per heavy atom. The Hall–Kier alpha value is -4.37. The van der Waals surface area contributed by atoms with E-state index in [2.05, 4.69) is 5.32 Å². The van der Waals surface area contributed by atoms with Gasteiger partial charge < -0.3 is 15.2 Å². The van der Waals surface area contributed by atoms with Crippen molar-refractivity contribution in [1.82, 2.24) is 0 Å². The van der Waals surface area contributed by atoms with Crippen LogP contribution in [0.25, 0.3) is 11.1 Å². The number of nitrogens with zero attached hydrogens (tertiary/aromatic N) is 2. The number of hydrogen-bond donors (Lipinski definition) is 2. The normalized spacial score (nSPS) is 10.6. The molecule has 0 bridgehead atoms. The number of aliphatic hydroxyl groups excluding tert-OH is 1. The molecule has 0 unspecified atom stereocenters. The van der Waals surface area contributed by atoms with Gasteiger partial charge >= 0.3 is 5.97 Å². The van der Waals surface area contributed by atoms with E-state index in [1.807, 2.05) is 6.92 Å². The van der Waals surface area contributed by atoms with Gasteiger partial charge in [0.2, 0.25) is 0 Å². The highest BCUT2D eigenvalue weighted by Gasteiger charge is 2.24. The lowest BCUT2D eigenvalue weighted by Crippen LogP contribution is -2.12. The van der Waals surface area contributed by atoms with E-state index in [1.165, 1.54) is 0 Å². The lowest BCUT2D eigenvalue weighted by Gasteiger charge is -2.12. The molecule has 3 aromatic rings. The fourth-order valence-electron chi connectivity index (χ4n) is 3.18. The van der Waals surface area contributed by atoms with Crippen LogP contribution in [0, 0.1) is 29.6 Å². The van der Waals surface area contributed by atoms with Crippen molar-refractivity contribution in [3.63, 3.8) is 0 Å². The summed E-state index contributed by atoms with van der Waals surface area (Å²) in [6.07, 6.45) is 1.07. The number of benzene rings is 2. The van der Waals surface area contributed by atoms with Crippen molar-refractivity contribution < 1.29 is 19.4 Å². The second-order valence-electron chi connectivity index (χ2n) is 7.44. The molecule has 0 amide bonds. The fraction of sp³-hybridized carbons (Fsp3) is 0.111. The molecule has 7 nitrogen and oxygen atoms in total. The Balaban J connectivity index is 2.14. The molecule has 1 heterocycles. The average molecular weight is 518 g/mol. The summed E-state index contributed by atoms with van der Waals surface area (Å²) in [6.45, 7) is 3.68. The highest BCUT2D eigenvalue weighted by Crippen LogP contribution is 2.38. The molecule has 2 N–H and O–H groups in total. The number of anilines is 1. The van der Waals surface area contributed by atoms with Crippen LogP contribution in [-0.2, 0) is 4.74 Å². The molecule has 0 saturated heterocycles. The number of ether oxygens (including phenoxy) is 1. The number of aryl methyl sites for hydroxylation is 1. The van der Waals surface area contributed by atoms with Crippen LogP contribution in [0.1, 0.15) is 33.2 Å². The minimum absolute atomic E-state index is 0.126. The largest absolute Gasteiger partial charge is 0.504 e. The van der Waals surface area contributed by atoms with E-state index in [4.69, 9.17) is 16.3 Å². The number of ketones is 1. The quantitative estimate of drug-likeness (QED) is 0.0862. The van der Waals surface area contributed by atoms with Crippen molar-refractivity contribution in [2.75, 3.05) is 11.9 Å². The number of carbonyl (C=O) groups excluding carboxylic acids is 2. The summed E-state index contributed by atoms with van der Waals surface area (Å²) in [5.41, 5.74) is 1.89. The number of nitriles is 2. The van der Waals surface area contributed by atoms with E-state index in [1.54, 1.807) is 73.0 Å².